The Labute approximate surface area is 145 Å². The summed E-state index contributed by atoms with van der Waals surface area (Å²) >= 11 is 0. The van der Waals surface area contributed by atoms with Gasteiger partial charge in [-0.05, 0) is 43.7 Å². The van der Waals surface area contributed by atoms with Gasteiger partial charge in [0.15, 0.2) is 0 Å². The molecular weight excluding hydrogens is 322 g/mol. The smallest absolute Gasteiger partial charge is 0.319 e. The second-order valence-corrected chi connectivity index (χ2v) is 6.47. The van der Waals surface area contributed by atoms with Gasteiger partial charge in [-0.15, -0.1) is 0 Å². The number of amides is 4. The molecule has 25 heavy (non-hydrogen) atoms. The van der Waals surface area contributed by atoms with Crippen molar-refractivity contribution in [2.24, 2.45) is 7.05 Å². The van der Waals surface area contributed by atoms with Gasteiger partial charge in [0, 0.05) is 25.9 Å². The van der Waals surface area contributed by atoms with Gasteiger partial charge in [0.2, 0.25) is 0 Å². The molecule has 7 heteroatoms. The molecule has 0 saturated carbocycles. The minimum Gasteiger partial charge on any atom is -0.319 e. The Morgan fingerprint density at radius 1 is 1.04 bits per heavy atom. The number of hydrogen-bond donors (Lipinski definition) is 0. The van der Waals surface area contributed by atoms with E-state index in [0.717, 1.165) is 29.1 Å². The highest BCUT2D eigenvalue weighted by atomic mass is 16.2. The number of allylic oxidation sites excluding steroid dienone is 1. The molecule has 0 spiro atoms. The van der Waals surface area contributed by atoms with Gasteiger partial charge in [-0.3, -0.25) is 24.2 Å². The molecule has 0 unspecified atom stereocenters. The number of hydrogen-bond acceptors (Lipinski definition) is 4. The van der Waals surface area contributed by atoms with Crippen LogP contribution in [0.2, 0.25) is 0 Å². The summed E-state index contributed by atoms with van der Waals surface area (Å²) in [6.07, 6.45) is 8.66. The van der Waals surface area contributed by atoms with Crippen molar-refractivity contribution in [1.29, 1.82) is 0 Å². The van der Waals surface area contributed by atoms with Crippen LogP contribution in [0.1, 0.15) is 37.7 Å². The lowest BCUT2D eigenvalue weighted by molar-refractivity contribution is -0.143. The lowest BCUT2D eigenvalue weighted by Gasteiger charge is -2.18. The maximum Gasteiger partial charge on any atom is 0.334 e. The number of urea groups is 1. The fourth-order valence-electron chi connectivity index (χ4n) is 3.14. The third-order valence-corrected chi connectivity index (χ3v) is 4.69. The van der Waals surface area contributed by atoms with E-state index in [1.165, 1.54) is 22.6 Å². The van der Waals surface area contributed by atoms with Crippen LogP contribution in [0.3, 0.4) is 0 Å². The first-order valence-electron chi connectivity index (χ1n) is 8.48. The summed E-state index contributed by atoms with van der Waals surface area (Å²) in [5.74, 6) is -1.62. The van der Waals surface area contributed by atoms with E-state index in [2.05, 4.69) is 6.08 Å². The zero-order valence-corrected chi connectivity index (χ0v) is 14.2. The van der Waals surface area contributed by atoms with Crippen molar-refractivity contribution in [1.82, 2.24) is 14.4 Å². The Kier molecular flexibility index (Phi) is 4.83. The summed E-state index contributed by atoms with van der Waals surface area (Å²) in [4.78, 5) is 50.3. The summed E-state index contributed by atoms with van der Waals surface area (Å²) < 4.78 is 1.40. The average molecular weight is 343 g/mol. The first-order chi connectivity index (χ1) is 12.0. The van der Waals surface area contributed by atoms with Gasteiger partial charge in [-0.1, -0.05) is 11.6 Å². The number of carbonyl (C=O) groups excluding carboxylic acids is 3. The van der Waals surface area contributed by atoms with Crippen molar-refractivity contribution in [3.8, 4) is 0 Å². The zero-order chi connectivity index (χ0) is 18.0. The van der Waals surface area contributed by atoms with Crippen molar-refractivity contribution in [2.75, 3.05) is 6.54 Å². The number of carbonyl (C=O) groups is 3. The van der Waals surface area contributed by atoms with Crippen LogP contribution in [0.4, 0.5) is 4.79 Å². The fraction of sp³-hybridized carbons (Fsp3) is 0.444. The van der Waals surface area contributed by atoms with E-state index in [1.54, 1.807) is 19.3 Å². The van der Waals surface area contributed by atoms with E-state index >= 15 is 0 Å². The van der Waals surface area contributed by atoms with Crippen LogP contribution in [0.15, 0.2) is 34.8 Å². The molecule has 2 heterocycles. The van der Waals surface area contributed by atoms with Crippen molar-refractivity contribution in [2.45, 2.75) is 38.6 Å². The number of aromatic nitrogens is 1. The molecular formula is C18H21N3O4. The Morgan fingerprint density at radius 2 is 1.80 bits per heavy atom. The molecule has 0 aromatic carbocycles. The van der Waals surface area contributed by atoms with E-state index in [-0.39, 0.29) is 18.6 Å². The highest BCUT2D eigenvalue weighted by molar-refractivity contribution is 6.44. The minimum absolute atomic E-state index is 0.0708. The Balaban J connectivity index is 1.69. The van der Waals surface area contributed by atoms with Crippen molar-refractivity contribution >= 4 is 17.8 Å². The summed E-state index contributed by atoms with van der Waals surface area (Å²) in [6.45, 7) is 0.154. The third kappa shape index (κ3) is 3.55. The Bertz CT molecular complexity index is 809. The van der Waals surface area contributed by atoms with Crippen LogP contribution in [0.25, 0.3) is 0 Å². The van der Waals surface area contributed by atoms with Crippen LogP contribution >= 0.6 is 0 Å². The molecule has 1 aliphatic carbocycles. The molecule has 0 radical (unpaired) electrons. The predicted molar refractivity (Wildman–Crippen MR) is 90.5 cm³/mol. The first kappa shape index (κ1) is 17.1. The number of nitrogens with zero attached hydrogens (tertiary/aromatic N) is 3. The van der Waals surface area contributed by atoms with Crippen molar-refractivity contribution < 1.29 is 14.4 Å². The van der Waals surface area contributed by atoms with Crippen LogP contribution < -0.4 is 5.56 Å². The molecule has 1 aromatic heterocycles. The number of aryl methyl sites for hydroxylation is 1. The molecule has 1 aromatic rings. The monoisotopic (exact) mass is 343 g/mol. The maximum absolute atomic E-state index is 12.5. The fourth-order valence-corrected chi connectivity index (χ4v) is 3.14. The standard InChI is InChI=1S/C18H21N3O4/c1-19-9-7-14(11-15(19)22)12-21-17(24)16(23)20(18(21)25)10-8-13-5-3-2-4-6-13/h5,7,9,11H,2-4,6,8,10,12H2,1H3. The molecule has 7 nitrogen and oxygen atoms in total. The maximum atomic E-state index is 12.5. The first-order valence-corrected chi connectivity index (χ1v) is 8.48. The van der Waals surface area contributed by atoms with Gasteiger partial charge in [0.25, 0.3) is 5.56 Å². The van der Waals surface area contributed by atoms with Crippen LogP contribution in [-0.4, -0.2) is 38.8 Å². The highest BCUT2D eigenvalue weighted by Crippen LogP contribution is 2.22. The van der Waals surface area contributed by atoms with Gasteiger partial charge in [-0.2, -0.15) is 0 Å². The molecule has 0 atom stereocenters. The normalized spacial score (nSPS) is 18.1. The van der Waals surface area contributed by atoms with E-state index in [9.17, 15) is 19.2 Å². The Morgan fingerprint density at radius 3 is 2.48 bits per heavy atom. The molecule has 2 aliphatic rings. The molecule has 3 rings (SSSR count). The Hall–Kier alpha value is -2.70. The van der Waals surface area contributed by atoms with Gasteiger partial charge < -0.3 is 4.57 Å². The van der Waals surface area contributed by atoms with Crippen molar-refractivity contribution in [3.05, 3.63) is 45.9 Å². The summed E-state index contributed by atoms with van der Waals surface area (Å²) in [6, 6.07) is 2.41. The second-order valence-electron chi connectivity index (χ2n) is 6.47. The topological polar surface area (TPSA) is 79.7 Å². The second kappa shape index (κ2) is 7.04. The number of rotatable bonds is 5. The molecule has 132 valence electrons. The van der Waals surface area contributed by atoms with Gasteiger partial charge in [0.1, 0.15) is 0 Å². The molecule has 1 saturated heterocycles. The van der Waals surface area contributed by atoms with Gasteiger partial charge in [-0.25, -0.2) is 4.79 Å². The van der Waals surface area contributed by atoms with E-state index in [1.807, 2.05) is 0 Å². The van der Waals surface area contributed by atoms with E-state index in [4.69, 9.17) is 0 Å². The van der Waals surface area contributed by atoms with E-state index < -0.39 is 17.8 Å². The number of pyridine rings is 1. The minimum atomic E-state index is -0.830. The van der Waals surface area contributed by atoms with Crippen molar-refractivity contribution in [3.63, 3.8) is 0 Å². The summed E-state index contributed by atoms with van der Waals surface area (Å²) in [5.41, 5.74) is 1.53. The van der Waals surface area contributed by atoms with Gasteiger partial charge >= 0.3 is 17.8 Å². The summed E-state index contributed by atoms with van der Waals surface area (Å²) in [7, 11) is 1.61. The SMILES string of the molecule is Cn1ccc(CN2C(=O)C(=O)N(CCC3=CCCCC3)C2=O)cc1=O. The molecule has 0 bridgehead atoms. The van der Waals surface area contributed by atoms with Gasteiger partial charge in [0.05, 0.1) is 6.54 Å². The molecule has 0 N–H and O–H groups in total. The predicted octanol–water partition coefficient (Wildman–Crippen LogP) is 1.57. The lowest BCUT2D eigenvalue weighted by atomic mass is 9.97. The molecule has 1 aliphatic heterocycles. The highest BCUT2D eigenvalue weighted by Gasteiger charge is 2.44. The van der Waals surface area contributed by atoms with Crippen LogP contribution in [0.5, 0.6) is 0 Å². The quantitative estimate of drug-likeness (QED) is 0.462. The largest absolute Gasteiger partial charge is 0.334 e. The zero-order valence-electron chi connectivity index (χ0n) is 14.2. The van der Waals surface area contributed by atoms with Crippen LogP contribution in [-0.2, 0) is 23.2 Å². The molecule has 1 fully saturated rings. The van der Waals surface area contributed by atoms with E-state index in [0.29, 0.717) is 12.0 Å². The van der Waals surface area contributed by atoms with Crippen LogP contribution in [0, 0.1) is 0 Å². The summed E-state index contributed by atoms with van der Waals surface area (Å²) in [5, 5.41) is 0. The lowest BCUT2D eigenvalue weighted by Crippen LogP contribution is -2.34. The molecule has 4 amide bonds. The average Bonchev–Trinajstić information content (AvgIpc) is 2.81. The third-order valence-electron chi connectivity index (χ3n) is 4.69. The number of imide groups is 2.